The fourth-order valence-corrected chi connectivity index (χ4v) is 3.65. The van der Waals surface area contributed by atoms with E-state index in [2.05, 4.69) is 28.1 Å². The summed E-state index contributed by atoms with van der Waals surface area (Å²) in [6.45, 7) is 6.00. The van der Waals surface area contributed by atoms with Gasteiger partial charge < -0.3 is 19.9 Å². The van der Waals surface area contributed by atoms with Crippen molar-refractivity contribution in [3.63, 3.8) is 0 Å². The van der Waals surface area contributed by atoms with Gasteiger partial charge in [-0.2, -0.15) is 18.4 Å². The zero-order valence-corrected chi connectivity index (χ0v) is 19.3. The first-order chi connectivity index (χ1) is 17.2. The van der Waals surface area contributed by atoms with Crippen molar-refractivity contribution >= 4 is 23.0 Å². The lowest BCUT2D eigenvalue weighted by Gasteiger charge is -2.28. The van der Waals surface area contributed by atoms with Crippen molar-refractivity contribution in [2.24, 2.45) is 0 Å². The number of rotatable bonds is 4. The van der Waals surface area contributed by atoms with Crippen molar-refractivity contribution in [3.8, 4) is 17.9 Å². The number of carbonyl (C=O) groups is 1. The molecule has 188 valence electrons. The van der Waals surface area contributed by atoms with Gasteiger partial charge in [0.05, 0.1) is 30.2 Å². The van der Waals surface area contributed by atoms with Gasteiger partial charge in [-0.05, 0) is 24.6 Å². The Morgan fingerprint density at radius 2 is 1.89 bits per heavy atom. The van der Waals surface area contributed by atoms with E-state index in [0.29, 0.717) is 29.7 Å². The fourth-order valence-electron chi connectivity index (χ4n) is 3.65. The summed E-state index contributed by atoms with van der Waals surface area (Å²) in [4.78, 5) is 29.2. The maximum absolute atomic E-state index is 13.4. The molecule has 1 fully saturated rings. The van der Waals surface area contributed by atoms with Gasteiger partial charge in [0.1, 0.15) is 5.52 Å². The number of benzene rings is 1. The van der Waals surface area contributed by atoms with Gasteiger partial charge in [-0.15, -0.1) is 5.92 Å². The van der Waals surface area contributed by atoms with Gasteiger partial charge >= 0.3 is 12.1 Å². The summed E-state index contributed by atoms with van der Waals surface area (Å²) < 4.78 is 35.3. The molecule has 1 aromatic carbocycles. The molecule has 0 aliphatic carbocycles. The number of anilines is 1. The maximum atomic E-state index is 13.4. The van der Waals surface area contributed by atoms with Crippen LogP contribution in [0.15, 0.2) is 41.3 Å². The average molecular weight is 500 g/mol. The van der Waals surface area contributed by atoms with E-state index in [0.717, 1.165) is 37.7 Å². The van der Waals surface area contributed by atoms with Crippen LogP contribution in [0.25, 0.3) is 11.0 Å². The molecule has 1 aliphatic rings. The molecule has 2 N–H and O–H groups in total. The molecule has 0 amide bonds. The Labute approximate surface area is 204 Å². The summed E-state index contributed by atoms with van der Waals surface area (Å²) in [5.74, 6) is 4.02. The first kappa shape index (κ1) is 26.3. The number of carboxylic acid groups (broad SMARTS) is 1. The number of pyridine rings is 1. The van der Waals surface area contributed by atoms with Crippen LogP contribution in [0.5, 0.6) is 0 Å². The molecule has 12 heteroatoms. The molecular weight excluding hydrogens is 477 g/mol. The topological polar surface area (TPSA) is 116 Å². The molecule has 0 atom stereocenters. The Morgan fingerprint density at radius 1 is 1.22 bits per heavy atom. The number of hydrogen-bond donors (Lipinski definition) is 2. The minimum absolute atomic E-state index is 0.123. The van der Waals surface area contributed by atoms with E-state index in [1.165, 1.54) is 0 Å². The Balaban J connectivity index is 0.000000454. The molecule has 4 rings (SSSR count). The third kappa shape index (κ3) is 6.03. The van der Waals surface area contributed by atoms with Crippen molar-refractivity contribution in [2.75, 3.05) is 31.1 Å². The molecule has 0 saturated carbocycles. The van der Waals surface area contributed by atoms with Gasteiger partial charge in [0.25, 0.3) is 5.56 Å². The summed E-state index contributed by atoms with van der Waals surface area (Å²) in [6.07, 6.45) is -3.33. The van der Waals surface area contributed by atoms with Crippen LogP contribution < -0.4 is 15.8 Å². The first-order valence-electron chi connectivity index (χ1n) is 10.9. The van der Waals surface area contributed by atoms with Gasteiger partial charge in [-0.25, -0.2) is 9.78 Å². The van der Waals surface area contributed by atoms with Crippen LogP contribution in [0.1, 0.15) is 18.1 Å². The molecule has 0 radical (unpaired) electrons. The van der Waals surface area contributed by atoms with Crippen LogP contribution in [-0.2, 0) is 17.9 Å². The maximum Gasteiger partial charge on any atom is 0.490 e. The smallest absolute Gasteiger partial charge is 0.475 e. The highest BCUT2D eigenvalue weighted by molar-refractivity contribution is 5.78. The molecule has 1 saturated heterocycles. The summed E-state index contributed by atoms with van der Waals surface area (Å²) in [5, 5.41) is 19.8. The molecule has 3 aromatic rings. The van der Waals surface area contributed by atoms with Gasteiger partial charge in [-0.3, -0.25) is 9.36 Å². The predicted molar refractivity (Wildman–Crippen MR) is 126 cm³/mol. The van der Waals surface area contributed by atoms with E-state index in [9.17, 15) is 23.2 Å². The number of halogens is 3. The lowest BCUT2D eigenvalue weighted by Crippen LogP contribution is -2.44. The molecule has 0 bridgehead atoms. The van der Waals surface area contributed by atoms with Gasteiger partial charge in [-0.1, -0.05) is 24.1 Å². The van der Waals surface area contributed by atoms with Crippen molar-refractivity contribution < 1.29 is 23.1 Å². The summed E-state index contributed by atoms with van der Waals surface area (Å²) in [5.41, 5.74) is 2.50. The third-order valence-electron chi connectivity index (χ3n) is 5.38. The molecule has 0 spiro atoms. The Bertz CT molecular complexity index is 1400. The Kier molecular flexibility index (Phi) is 8.35. The summed E-state index contributed by atoms with van der Waals surface area (Å²) in [6, 6.07) is 11.4. The zero-order valence-electron chi connectivity index (χ0n) is 19.3. The molecule has 9 nitrogen and oxygen atoms in total. The number of piperazine rings is 1. The third-order valence-corrected chi connectivity index (χ3v) is 5.38. The first-order valence-corrected chi connectivity index (χ1v) is 10.9. The molecular formula is C24H23F3N6O3. The average Bonchev–Trinajstić information content (AvgIpc) is 3.24. The second-order valence-corrected chi connectivity index (χ2v) is 7.72. The second kappa shape index (κ2) is 11.4. The van der Waals surface area contributed by atoms with Gasteiger partial charge in [0, 0.05) is 32.4 Å². The number of imidazole rings is 1. The lowest BCUT2D eigenvalue weighted by molar-refractivity contribution is -0.192. The normalized spacial score (nSPS) is 13.2. The largest absolute Gasteiger partial charge is 0.490 e. The molecule has 1 aliphatic heterocycles. The molecule has 0 unspecified atom stereocenters. The quantitative estimate of drug-likeness (QED) is 0.528. The summed E-state index contributed by atoms with van der Waals surface area (Å²) >= 11 is 0. The second-order valence-electron chi connectivity index (χ2n) is 7.72. The number of carboxylic acids is 1. The SMILES string of the molecule is CC#CCn1c(N2CCNCC2)nc2ccn(Cc3ccccc3C#N)c(=O)c21.O=C(O)C(F)(F)F. The lowest BCUT2D eigenvalue weighted by atomic mass is 10.1. The van der Waals surface area contributed by atoms with Crippen molar-refractivity contribution in [1.29, 1.82) is 5.26 Å². The summed E-state index contributed by atoms with van der Waals surface area (Å²) in [7, 11) is 0. The van der Waals surface area contributed by atoms with E-state index in [-0.39, 0.29) is 5.56 Å². The highest BCUT2D eigenvalue weighted by atomic mass is 19.4. The number of hydrogen-bond acceptors (Lipinski definition) is 6. The number of aliphatic carboxylic acids is 1. The number of alkyl halides is 3. The molecule has 3 heterocycles. The van der Waals surface area contributed by atoms with Gasteiger partial charge in [0.15, 0.2) is 0 Å². The van der Waals surface area contributed by atoms with E-state index in [1.807, 2.05) is 28.8 Å². The minimum Gasteiger partial charge on any atom is -0.475 e. The van der Waals surface area contributed by atoms with Crippen molar-refractivity contribution in [3.05, 3.63) is 58.0 Å². The zero-order chi connectivity index (χ0) is 26.3. The van der Waals surface area contributed by atoms with Crippen LogP contribution in [0, 0.1) is 23.2 Å². The van der Waals surface area contributed by atoms with Gasteiger partial charge in [0.2, 0.25) is 5.95 Å². The van der Waals surface area contributed by atoms with E-state index in [4.69, 9.17) is 14.9 Å². The number of nitrogens with zero attached hydrogens (tertiary/aromatic N) is 5. The fraction of sp³-hybridized carbons (Fsp3) is 0.333. The van der Waals surface area contributed by atoms with E-state index in [1.54, 1.807) is 23.8 Å². The van der Waals surface area contributed by atoms with Crippen LogP contribution in [-0.4, -0.2) is 57.5 Å². The van der Waals surface area contributed by atoms with Crippen molar-refractivity contribution in [1.82, 2.24) is 19.4 Å². The monoisotopic (exact) mass is 500 g/mol. The Hall–Kier alpha value is -4.29. The molecule has 2 aromatic heterocycles. The van der Waals surface area contributed by atoms with Crippen molar-refractivity contribution in [2.45, 2.75) is 26.2 Å². The van der Waals surface area contributed by atoms with Crippen LogP contribution >= 0.6 is 0 Å². The van der Waals surface area contributed by atoms with Crippen LogP contribution in [0.2, 0.25) is 0 Å². The van der Waals surface area contributed by atoms with E-state index >= 15 is 0 Å². The highest BCUT2D eigenvalue weighted by Crippen LogP contribution is 2.21. The minimum atomic E-state index is -5.08. The number of nitriles is 1. The Morgan fingerprint density at radius 3 is 2.50 bits per heavy atom. The van der Waals surface area contributed by atoms with E-state index < -0.39 is 12.1 Å². The van der Waals surface area contributed by atoms with Crippen LogP contribution in [0.3, 0.4) is 0 Å². The highest BCUT2D eigenvalue weighted by Gasteiger charge is 2.38. The predicted octanol–water partition coefficient (Wildman–Crippen LogP) is 2.18. The number of fused-ring (bicyclic) bond motifs is 1. The number of nitrogens with one attached hydrogen (secondary N) is 1. The standard InChI is InChI=1S/C22H22N6O.C2HF3O2/c1-2-3-11-28-20-19(25-22(28)26-13-9-24-10-14-26)8-12-27(21(20)29)16-18-7-5-4-6-17(18)15-23;3-2(4,5)1(6)7/h4-8,12,24H,9-11,13-14,16H2,1H3;(H,6,7). The number of aromatic nitrogens is 3. The van der Waals surface area contributed by atoms with Crippen LogP contribution in [0.4, 0.5) is 19.1 Å². The molecule has 36 heavy (non-hydrogen) atoms.